The number of nitrogens with zero attached hydrogens (tertiary/aromatic N) is 5. The molecule has 0 N–H and O–H groups in total. The molecule has 1 saturated heterocycles. The molecule has 1 aliphatic heterocycles. The molecule has 0 unspecified atom stereocenters. The van der Waals surface area contributed by atoms with E-state index in [0.29, 0.717) is 36.4 Å². The summed E-state index contributed by atoms with van der Waals surface area (Å²) in [6, 6.07) is 10.4. The molecule has 0 atom stereocenters. The number of aryl methyl sites for hydroxylation is 1. The predicted molar refractivity (Wildman–Crippen MR) is 107 cm³/mol. The van der Waals surface area contributed by atoms with Crippen LogP contribution >= 0.6 is 0 Å². The molecule has 2 aromatic heterocycles. The lowest BCUT2D eigenvalue weighted by atomic mass is 9.99. The van der Waals surface area contributed by atoms with E-state index in [2.05, 4.69) is 15.1 Å². The average Bonchev–Trinajstić information content (AvgIpc) is 3.28. The summed E-state index contributed by atoms with van der Waals surface area (Å²) in [5, 5.41) is 4.16. The molecule has 9 heteroatoms. The van der Waals surface area contributed by atoms with E-state index in [9.17, 15) is 8.42 Å². The van der Waals surface area contributed by atoms with Crippen molar-refractivity contribution in [2.45, 2.75) is 24.7 Å². The number of hydrogen-bond acceptors (Lipinski definition) is 6. The molecule has 1 aromatic carbocycles. The lowest BCUT2D eigenvalue weighted by Crippen LogP contribution is -2.39. The van der Waals surface area contributed by atoms with E-state index in [1.54, 1.807) is 45.5 Å². The van der Waals surface area contributed by atoms with Crippen molar-refractivity contribution < 1.29 is 13.2 Å². The van der Waals surface area contributed by atoms with Crippen LogP contribution in [0.2, 0.25) is 0 Å². The van der Waals surface area contributed by atoms with Crippen molar-refractivity contribution in [1.29, 1.82) is 0 Å². The van der Waals surface area contributed by atoms with Gasteiger partial charge in [0.2, 0.25) is 15.9 Å². The Hall–Kier alpha value is -2.78. The first-order valence-corrected chi connectivity index (χ1v) is 11.0. The van der Waals surface area contributed by atoms with E-state index in [-0.39, 0.29) is 0 Å². The average molecular weight is 414 g/mol. The highest BCUT2D eigenvalue weighted by Gasteiger charge is 2.29. The van der Waals surface area contributed by atoms with E-state index in [0.717, 1.165) is 24.2 Å². The van der Waals surface area contributed by atoms with Gasteiger partial charge >= 0.3 is 0 Å². The highest BCUT2D eigenvalue weighted by Crippen LogP contribution is 2.25. The Labute approximate surface area is 170 Å². The van der Waals surface area contributed by atoms with Crippen LogP contribution in [0.3, 0.4) is 0 Å². The summed E-state index contributed by atoms with van der Waals surface area (Å²) >= 11 is 0. The minimum atomic E-state index is -3.50. The van der Waals surface area contributed by atoms with Gasteiger partial charge in [-0.2, -0.15) is 9.40 Å². The van der Waals surface area contributed by atoms with E-state index < -0.39 is 10.0 Å². The summed E-state index contributed by atoms with van der Waals surface area (Å²) in [5.74, 6) is 0.865. The molecular formula is C20H23N5O3S. The Kier molecular flexibility index (Phi) is 5.59. The number of piperidine rings is 1. The third-order valence-corrected chi connectivity index (χ3v) is 6.98. The van der Waals surface area contributed by atoms with E-state index in [1.165, 1.54) is 6.33 Å². The van der Waals surface area contributed by atoms with E-state index in [4.69, 9.17) is 4.74 Å². The van der Waals surface area contributed by atoms with Crippen LogP contribution in [0.4, 0.5) is 0 Å². The van der Waals surface area contributed by atoms with Gasteiger partial charge in [0.05, 0.1) is 17.2 Å². The fourth-order valence-electron chi connectivity index (χ4n) is 3.37. The molecule has 0 bridgehead atoms. The van der Waals surface area contributed by atoms with Crippen LogP contribution < -0.4 is 4.74 Å². The maximum atomic E-state index is 13.0. The fourth-order valence-corrected chi connectivity index (χ4v) is 4.84. The van der Waals surface area contributed by atoms with Crippen LogP contribution in [0.5, 0.6) is 5.88 Å². The second kappa shape index (κ2) is 8.30. The molecule has 3 aromatic rings. The van der Waals surface area contributed by atoms with Crippen LogP contribution in [0.1, 0.15) is 18.5 Å². The van der Waals surface area contributed by atoms with Gasteiger partial charge in [-0.15, -0.1) is 0 Å². The van der Waals surface area contributed by atoms with Crippen molar-refractivity contribution >= 4 is 10.0 Å². The third kappa shape index (κ3) is 4.46. The zero-order valence-corrected chi connectivity index (χ0v) is 17.0. The Morgan fingerprint density at radius 3 is 2.55 bits per heavy atom. The highest BCUT2D eigenvalue weighted by molar-refractivity contribution is 7.89. The van der Waals surface area contributed by atoms with Gasteiger partial charge in [-0.05, 0) is 56.0 Å². The van der Waals surface area contributed by atoms with E-state index in [1.807, 2.05) is 19.2 Å². The van der Waals surface area contributed by atoms with Crippen LogP contribution in [0.15, 0.2) is 60.0 Å². The molecule has 152 valence electrons. The molecular weight excluding hydrogens is 390 g/mol. The minimum Gasteiger partial charge on any atom is -0.477 e. The predicted octanol–water partition coefficient (Wildman–Crippen LogP) is 2.45. The second-order valence-corrected chi connectivity index (χ2v) is 9.04. The molecule has 0 amide bonds. The normalized spacial score (nSPS) is 16.0. The molecule has 1 fully saturated rings. The van der Waals surface area contributed by atoms with Crippen molar-refractivity contribution in [3.05, 3.63) is 60.8 Å². The van der Waals surface area contributed by atoms with Gasteiger partial charge in [0.1, 0.15) is 6.33 Å². The third-order valence-electron chi connectivity index (χ3n) is 5.06. The number of benzene rings is 1. The fraction of sp³-hybridized carbons (Fsp3) is 0.350. The summed E-state index contributed by atoms with van der Waals surface area (Å²) in [6.07, 6.45) is 6.50. The summed E-state index contributed by atoms with van der Waals surface area (Å²) < 4.78 is 34.9. The smallest absolute Gasteiger partial charge is 0.243 e. The Balaban J connectivity index is 1.34. The van der Waals surface area contributed by atoms with Crippen LogP contribution in [0, 0.1) is 12.8 Å². The van der Waals surface area contributed by atoms with Crippen molar-refractivity contribution in [3.63, 3.8) is 0 Å². The highest BCUT2D eigenvalue weighted by atomic mass is 32.2. The molecule has 4 rings (SSSR count). The minimum absolute atomic E-state index is 0.305. The molecule has 0 radical (unpaired) electrons. The Morgan fingerprint density at radius 1 is 1.14 bits per heavy atom. The van der Waals surface area contributed by atoms with Crippen LogP contribution in [-0.2, 0) is 10.0 Å². The molecule has 8 nitrogen and oxygen atoms in total. The van der Waals surface area contributed by atoms with Gasteiger partial charge in [0.15, 0.2) is 0 Å². The number of hydrogen-bond donors (Lipinski definition) is 0. The van der Waals surface area contributed by atoms with Gasteiger partial charge in [-0.1, -0.05) is 0 Å². The van der Waals surface area contributed by atoms with Gasteiger partial charge in [-0.3, -0.25) is 0 Å². The summed E-state index contributed by atoms with van der Waals surface area (Å²) in [4.78, 5) is 8.45. The van der Waals surface area contributed by atoms with Crippen molar-refractivity contribution in [2.75, 3.05) is 19.7 Å². The standard InChI is InChI=1S/C20H23N5O3S/c1-16-13-20(22-15-21-16)28-14-17-7-11-24(12-8-17)29(26,27)19-5-3-18(4-6-19)25-10-2-9-23-25/h2-6,9-10,13,15,17H,7-8,11-12,14H2,1H3. The van der Waals surface area contributed by atoms with Crippen molar-refractivity contribution in [2.24, 2.45) is 5.92 Å². The maximum Gasteiger partial charge on any atom is 0.243 e. The number of rotatable bonds is 6. The SMILES string of the molecule is Cc1cc(OCC2CCN(S(=O)(=O)c3ccc(-n4cccn4)cc3)CC2)ncn1. The number of ether oxygens (including phenoxy) is 1. The van der Waals surface area contributed by atoms with Gasteiger partial charge < -0.3 is 4.74 Å². The summed E-state index contributed by atoms with van der Waals surface area (Å²) in [7, 11) is -3.50. The second-order valence-electron chi connectivity index (χ2n) is 7.10. The number of sulfonamides is 1. The topological polar surface area (TPSA) is 90.2 Å². The van der Waals surface area contributed by atoms with Gasteiger partial charge in [0, 0.05) is 37.2 Å². The zero-order chi connectivity index (χ0) is 20.3. The molecule has 29 heavy (non-hydrogen) atoms. The van der Waals surface area contributed by atoms with Crippen LogP contribution in [0.25, 0.3) is 5.69 Å². The first-order chi connectivity index (χ1) is 14.0. The molecule has 0 aliphatic carbocycles. The van der Waals surface area contributed by atoms with Crippen molar-refractivity contribution in [3.8, 4) is 11.6 Å². The van der Waals surface area contributed by atoms with Crippen molar-refractivity contribution in [1.82, 2.24) is 24.1 Å². The first-order valence-electron chi connectivity index (χ1n) is 9.54. The lowest BCUT2D eigenvalue weighted by Gasteiger charge is -2.31. The van der Waals surface area contributed by atoms with E-state index >= 15 is 0 Å². The maximum absolute atomic E-state index is 13.0. The first kappa shape index (κ1) is 19.5. The molecule has 0 spiro atoms. The summed E-state index contributed by atoms with van der Waals surface area (Å²) in [6.45, 7) is 3.39. The van der Waals surface area contributed by atoms with Crippen LogP contribution in [-0.4, -0.2) is 52.2 Å². The Bertz CT molecular complexity index is 1040. The zero-order valence-electron chi connectivity index (χ0n) is 16.2. The lowest BCUT2D eigenvalue weighted by molar-refractivity contribution is 0.180. The largest absolute Gasteiger partial charge is 0.477 e. The van der Waals surface area contributed by atoms with Gasteiger partial charge in [-0.25, -0.2) is 23.1 Å². The molecule has 3 heterocycles. The quantitative estimate of drug-likeness (QED) is 0.617. The Morgan fingerprint density at radius 2 is 1.90 bits per heavy atom. The molecule has 0 saturated carbocycles. The number of aromatic nitrogens is 4. The molecule has 1 aliphatic rings. The van der Waals surface area contributed by atoms with Gasteiger partial charge in [0.25, 0.3) is 0 Å². The monoisotopic (exact) mass is 413 g/mol. The summed E-state index contributed by atoms with van der Waals surface area (Å²) in [5.41, 5.74) is 1.68.